The summed E-state index contributed by atoms with van der Waals surface area (Å²) in [6, 6.07) is 10.4. The van der Waals surface area contributed by atoms with E-state index in [1.54, 1.807) is 25.1 Å². The number of aromatic hydroxyl groups is 1. The van der Waals surface area contributed by atoms with Crippen LogP contribution in [0, 0.1) is 17.8 Å². The number of ketones is 2. The molecule has 2 unspecified atom stereocenters. The molecule has 6 atom stereocenters. The van der Waals surface area contributed by atoms with Crippen molar-refractivity contribution in [1.82, 2.24) is 9.80 Å². The molecular formula is C32H37N3O8. The molecule has 2 aromatic carbocycles. The number of amides is 1. The monoisotopic (exact) mass is 591 g/mol. The van der Waals surface area contributed by atoms with Crippen LogP contribution in [0.5, 0.6) is 5.75 Å². The predicted molar refractivity (Wildman–Crippen MR) is 156 cm³/mol. The van der Waals surface area contributed by atoms with Crippen LogP contribution in [0.15, 0.2) is 42.0 Å². The summed E-state index contributed by atoms with van der Waals surface area (Å²) in [4.78, 5) is 43.7. The van der Waals surface area contributed by atoms with E-state index < -0.39 is 58.7 Å². The van der Waals surface area contributed by atoms with Gasteiger partial charge < -0.3 is 35.8 Å². The van der Waals surface area contributed by atoms with Gasteiger partial charge in [0.25, 0.3) is 0 Å². The SMILES string of the molecule is CN(C)[C@H]1C(O)C(C(N)=O)C(=O)[C@]2(O)C(=O)C3=C(O)c4c(O)ccc(-c5cccc(CN6CCOCC6)c5)c4C[C@@H]3C[C@H]12. The van der Waals surface area contributed by atoms with E-state index in [0.29, 0.717) is 18.8 Å². The highest BCUT2D eigenvalue weighted by Gasteiger charge is 2.67. The van der Waals surface area contributed by atoms with Gasteiger partial charge in [0.05, 0.1) is 24.9 Å². The molecule has 1 saturated heterocycles. The molecule has 3 fully saturated rings. The third-order valence-corrected chi connectivity index (χ3v) is 9.72. The number of fused-ring (bicyclic) bond motifs is 3. The van der Waals surface area contributed by atoms with Gasteiger partial charge in [0.2, 0.25) is 11.7 Å². The first-order valence-corrected chi connectivity index (χ1v) is 14.6. The van der Waals surface area contributed by atoms with Crippen molar-refractivity contribution in [2.75, 3.05) is 40.4 Å². The minimum atomic E-state index is -2.67. The molecule has 6 N–H and O–H groups in total. The van der Waals surface area contributed by atoms with E-state index in [0.717, 1.165) is 36.3 Å². The molecule has 0 bridgehead atoms. The number of rotatable bonds is 5. The van der Waals surface area contributed by atoms with Crippen LogP contribution in [-0.4, -0.2) is 106 Å². The largest absolute Gasteiger partial charge is 0.507 e. The number of likely N-dealkylation sites (N-methyl/N-ethyl adjacent to an activating group) is 1. The number of Topliss-reactive ketones (excluding diaryl/α,β-unsaturated/α-hetero) is 2. The van der Waals surface area contributed by atoms with Crippen LogP contribution in [-0.2, 0) is 32.1 Å². The summed E-state index contributed by atoms with van der Waals surface area (Å²) in [6.07, 6.45) is -1.21. The summed E-state index contributed by atoms with van der Waals surface area (Å²) in [7, 11) is 3.26. The normalized spacial score (nSPS) is 31.0. The van der Waals surface area contributed by atoms with Crippen LogP contribution in [0.1, 0.15) is 23.1 Å². The Labute approximate surface area is 249 Å². The molecule has 3 aliphatic carbocycles. The number of morpholine rings is 1. The van der Waals surface area contributed by atoms with Gasteiger partial charge >= 0.3 is 0 Å². The van der Waals surface area contributed by atoms with Gasteiger partial charge in [-0.3, -0.25) is 19.3 Å². The maximum absolute atomic E-state index is 14.1. The topological polar surface area (TPSA) is 174 Å². The van der Waals surface area contributed by atoms with Gasteiger partial charge in [-0.15, -0.1) is 0 Å². The maximum Gasteiger partial charge on any atom is 0.230 e. The number of ether oxygens (including phenoxy) is 1. The molecule has 0 spiro atoms. The third-order valence-electron chi connectivity index (χ3n) is 9.72. The lowest BCUT2D eigenvalue weighted by Crippen LogP contribution is -2.73. The molecule has 0 aromatic heterocycles. The Morgan fingerprint density at radius 2 is 1.86 bits per heavy atom. The molecule has 0 radical (unpaired) electrons. The van der Waals surface area contributed by atoms with Gasteiger partial charge in [0.15, 0.2) is 11.4 Å². The van der Waals surface area contributed by atoms with Gasteiger partial charge in [0, 0.05) is 37.2 Å². The fourth-order valence-electron chi connectivity index (χ4n) is 7.73. The number of nitrogens with two attached hydrogens (primary N) is 1. The van der Waals surface area contributed by atoms with E-state index in [9.17, 15) is 34.8 Å². The highest BCUT2D eigenvalue weighted by Crippen LogP contribution is 2.53. The number of primary amides is 1. The quantitative estimate of drug-likeness (QED) is 0.310. The van der Waals surface area contributed by atoms with Gasteiger partial charge in [-0.2, -0.15) is 0 Å². The number of phenols is 1. The van der Waals surface area contributed by atoms with Crippen LogP contribution in [0.25, 0.3) is 16.9 Å². The maximum atomic E-state index is 14.1. The molecule has 11 nitrogen and oxygen atoms in total. The average molecular weight is 592 g/mol. The van der Waals surface area contributed by atoms with Crippen molar-refractivity contribution in [1.29, 1.82) is 0 Å². The van der Waals surface area contributed by atoms with E-state index in [4.69, 9.17) is 10.5 Å². The zero-order valence-corrected chi connectivity index (χ0v) is 24.2. The van der Waals surface area contributed by atoms with E-state index >= 15 is 0 Å². The summed E-state index contributed by atoms with van der Waals surface area (Å²) in [5.41, 5.74) is 6.11. The van der Waals surface area contributed by atoms with Crippen molar-refractivity contribution in [3.05, 3.63) is 58.7 Å². The highest BCUT2D eigenvalue weighted by atomic mass is 16.5. The van der Waals surface area contributed by atoms with Gasteiger partial charge in [-0.25, -0.2) is 0 Å². The third kappa shape index (κ3) is 4.58. The number of carbonyl (C=O) groups is 3. The van der Waals surface area contributed by atoms with E-state index in [1.807, 2.05) is 18.2 Å². The second-order valence-electron chi connectivity index (χ2n) is 12.4. The van der Waals surface area contributed by atoms with Crippen molar-refractivity contribution >= 4 is 23.2 Å². The van der Waals surface area contributed by atoms with Gasteiger partial charge in [0.1, 0.15) is 17.4 Å². The van der Waals surface area contributed by atoms with Crippen LogP contribution >= 0.6 is 0 Å². The summed E-state index contributed by atoms with van der Waals surface area (Å²) >= 11 is 0. The standard InChI is InChI=1S/C32H37N3O8/c1-34(2)26-21-14-18-13-20-19(17-5-3-4-16(12-17)15-35-8-10-43-11-9-35)6-7-22(36)24(20)27(37)23(18)29(39)32(21,42)30(40)25(28(26)38)31(33)41/h3-7,12,18,21,25-26,28,36-38,42H,8-11,13-15H2,1-2H3,(H2,33,41)/t18-,21-,25?,26-,28?,32-/m1/s1. The summed E-state index contributed by atoms with van der Waals surface area (Å²) in [6.45, 7) is 3.81. The van der Waals surface area contributed by atoms with Crippen LogP contribution in [0.4, 0.5) is 0 Å². The lowest BCUT2D eigenvalue weighted by atomic mass is 9.54. The second-order valence-corrected chi connectivity index (χ2v) is 12.4. The molecule has 6 rings (SSSR count). The lowest BCUT2D eigenvalue weighted by molar-refractivity contribution is -0.184. The molecule has 4 aliphatic rings. The first kappa shape index (κ1) is 29.5. The van der Waals surface area contributed by atoms with Crippen molar-refractivity contribution in [3.8, 4) is 16.9 Å². The molecule has 43 heavy (non-hydrogen) atoms. The number of hydrogen-bond acceptors (Lipinski definition) is 10. The Balaban J connectivity index is 1.44. The molecular weight excluding hydrogens is 554 g/mol. The van der Waals surface area contributed by atoms with Crippen molar-refractivity contribution in [2.24, 2.45) is 23.5 Å². The molecule has 1 aliphatic heterocycles. The molecule has 1 heterocycles. The molecule has 1 amide bonds. The fourth-order valence-corrected chi connectivity index (χ4v) is 7.73. The number of carbonyl (C=O) groups excluding carboxylic acids is 3. The van der Waals surface area contributed by atoms with Crippen molar-refractivity contribution < 1.29 is 39.5 Å². The lowest BCUT2D eigenvalue weighted by Gasteiger charge is -2.53. The highest BCUT2D eigenvalue weighted by molar-refractivity contribution is 6.25. The van der Waals surface area contributed by atoms with Crippen molar-refractivity contribution in [3.63, 3.8) is 0 Å². The Morgan fingerprint density at radius 3 is 2.53 bits per heavy atom. The average Bonchev–Trinajstić information content (AvgIpc) is 2.95. The number of phenolic OH excluding ortho intramolecular Hbond substituents is 1. The first-order valence-electron chi connectivity index (χ1n) is 14.6. The predicted octanol–water partition coefficient (Wildman–Crippen LogP) is 0.628. The van der Waals surface area contributed by atoms with E-state index in [-0.39, 0.29) is 29.7 Å². The minimum absolute atomic E-state index is 0.0738. The second kappa shape index (κ2) is 10.8. The summed E-state index contributed by atoms with van der Waals surface area (Å²) in [5.74, 6) is -7.54. The minimum Gasteiger partial charge on any atom is -0.507 e. The molecule has 2 saturated carbocycles. The fraction of sp³-hybridized carbons (Fsp3) is 0.469. The number of hydrogen-bond donors (Lipinski definition) is 5. The van der Waals surface area contributed by atoms with Crippen molar-refractivity contribution in [2.45, 2.75) is 37.1 Å². The Bertz CT molecular complexity index is 1530. The first-order chi connectivity index (χ1) is 20.4. The number of nitrogens with zero attached hydrogens (tertiary/aromatic N) is 2. The number of aliphatic hydroxyl groups excluding tert-OH is 2. The van der Waals surface area contributed by atoms with Crippen LogP contribution in [0.3, 0.4) is 0 Å². The van der Waals surface area contributed by atoms with Gasteiger partial charge in [-0.05, 0) is 67.2 Å². The summed E-state index contributed by atoms with van der Waals surface area (Å²) < 4.78 is 5.46. The zero-order chi connectivity index (χ0) is 30.8. The molecule has 11 heteroatoms. The number of aliphatic hydroxyl groups is 3. The molecule has 228 valence electrons. The Morgan fingerprint density at radius 1 is 1.14 bits per heavy atom. The van der Waals surface area contributed by atoms with Gasteiger partial charge in [-0.1, -0.05) is 24.3 Å². The van der Waals surface area contributed by atoms with E-state index in [2.05, 4.69) is 11.0 Å². The Kier molecular flexibility index (Phi) is 7.42. The van der Waals surface area contributed by atoms with Crippen LogP contribution in [0.2, 0.25) is 0 Å². The Hall–Kier alpha value is -3.61. The summed E-state index contributed by atoms with van der Waals surface area (Å²) in [5, 5.41) is 45.3. The van der Waals surface area contributed by atoms with Crippen LogP contribution < -0.4 is 5.73 Å². The zero-order valence-electron chi connectivity index (χ0n) is 24.2. The van der Waals surface area contributed by atoms with E-state index in [1.165, 1.54) is 6.07 Å². The smallest absolute Gasteiger partial charge is 0.230 e. The number of benzene rings is 2. The molecule has 2 aromatic rings.